The van der Waals surface area contributed by atoms with Gasteiger partial charge in [0.25, 0.3) is 5.91 Å². The summed E-state index contributed by atoms with van der Waals surface area (Å²) in [5, 5.41) is 0. The lowest BCUT2D eigenvalue weighted by atomic mass is 10.1. The Morgan fingerprint density at radius 2 is 1.50 bits per heavy atom. The van der Waals surface area contributed by atoms with Crippen LogP contribution in [0.25, 0.3) is 0 Å². The van der Waals surface area contributed by atoms with Gasteiger partial charge in [0.15, 0.2) is 0 Å². The van der Waals surface area contributed by atoms with Gasteiger partial charge < -0.3 is 14.4 Å². The molecule has 0 spiro atoms. The number of carbonyl (C=O) groups is 2. The molecule has 2 aromatic rings. The van der Waals surface area contributed by atoms with E-state index >= 15 is 0 Å². The van der Waals surface area contributed by atoms with Gasteiger partial charge in [0.1, 0.15) is 5.69 Å². The summed E-state index contributed by atoms with van der Waals surface area (Å²) in [4.78, 5) is 28.7. The lowest BCUT2D eigenvalue weighted by Gasteiger charge is -2.34. The fourth-order valence-electron chi connectivity index (χ4n) is 4.19. The van der Waals surface area contributed by atoms with Crippen molar-refractivity contribution in [3.63, 3.8) is 0 Å². The molecule has 1 fully saturated rings. The van der Waals surface area contributed by atoms with Crippen LogP contribution in [0.1, 0.15) is 52.3 Å². The molecule has 150 valence electrons. The van der Waals surface area contributed by atoms with Crippen molar-refractivity contribution in [1.82, 2.24) is 14.4 Å². The first-order valence-electron chi connectivity index (χ1n) is 10.1. The van der Waals surface area contributed by atoms with E-state index < -0.39 is 0 Å². The Morgan fingerprint density at radius 3 is 2.04 bits per heavy atom. The molecule has 28 heavy (non-hydrogen) atoms. The Bertz CT molecular complexity index is 872. The second-order valence-corrected chi connectivity index (χ2v) is 7.76. The molecule has 0 radical (unpaired) electrons. The van der Waals surface area contributed by atoms with Crippen molar-refractivity contribution in [2.45, 2.75) is 47.6 Å². The van der Waals surface area contributed by atoms with Gasteiger partial charge in [-0.05, 0) is 43.9 Å². The molecular weight excluding hydrogens is 350 g/mol. The summed E-state index contributed by atoms with van der Waals surface area (Å²) in [6.07, 6.45) is 0.914. The van der Waals surface area contributed by atoms with E-state index in [1.54, 1.807) is 6.92 Å². The number of aryl methyl sites for hydroxylation is 1. The summed E-state index contributed by atoms with van der Waals surface area (Å²) in [5.41, 5.74) is 6.75. The minimum Gasteiger partial charge on any atom is -0.339 e. The highest BCUT2D eigenvalue weighted by molar-refractivity contribution is 5.95. The van der Waals surface area contributed by atoms with Crippen LogP contribution in [-0.2, 0) is 17.8 Å². The first-order valence-corrected chi connectivity index (χ1v) is 10.1. The van der Waals surface area contributed by atoms with E-state index in [2.05, 4.69) is 56.5 Å². The number of benzene rings is 1. The smallest absolute Gasteiger partial charge is 0.270 e. The topological polar surface area (TPSA) is 45.6 Å². The van der Waals surface area contributed by atoms with Crippen LogP contribution in [0.3, 0.4) is 0 Å². The van der Waals surface area contributed by atoms with E-state index in [-0.39, 0.29) is 11.8 Å². The second kappa shape index (κ2) is 8.21. The minimum absolute atomic E-state index is 0.0788. The number of rotatable bonds is 4. The van der Waals surface area contributed by atoms with Crippen molar-refractivity contribution < 1.29 is 9.59 Å². The molecule has 5 heteroatoms. The van der Waals surface area contributed by atoms with Gasteiger partial charge in [0.2, 0.25) is 5.91 Å². The minimum atomic E-state index is 0.0788. The zero-order valence-electron chi connectivity index (χ0n) is 17.7. The van der Waals surface area contributed by atoms with Crippen molar-refractivity contribution in [2.24, 2.45) is 0 Å². The number of hydrogen-bond acceptors (Lipinski definition) is 2. The third-order valence-electron chi connectivity index (χ3n) is 5.95. The van der Waals surface area contributed by atoms with E-state index in [1.807, 2.05) is 9.80 Å². The standard InChI is InChI=1S/C23H31N3O2/c1-6-21-17(3)22(23(28)25-13-11-24(12-14-25)19(5)27)26(18(21)4)15-20-9-7-16(2)8-10-20/h7-10H,6,11-15H2,1-5H3. The van der Waals surface area contributed by atoms with E-state index in [4.69, 9.17) is 0 Å². The van der Waals surface area contributed by atoms with Gasteiger partial charge >= 0.3 is 0 Å². The molecule has 0 unspecified atom stereocenters. The average Bonchev–Trinajstić information content (AvgIpc) is 2.92. The van der Waals surface area contributed by atoms with Crippen LogP contribution in [0.15, 0.2) is 24.3 Å². The first-order chi connectivity index (χ1) is 13.3. The highest BCUT2D eigenvalue weighted by Gasteiger charge is 2.28. The monoisotopic (exact) mass is 381 g/mol. The molecule has 1 saturated heterocycles. The summed E-state index contributed by atoms with van der Waals surface area (Å²) in [6, 6.07) is 8.50. The molecule has 2 amide bonds. The number of nitrogens with zero attached hydrogens (tertiary/aromatic N) is 3. The predicted molar refractivity (Wildman–Crippen MR) is 112 cm³/mol. The number of piperazine rings is 1. The summed E-state index contributed by atoms with van der Waals surface area (Å²) in [7, 11) is 0. The molecule has 3 rings (SSSR count). The molecule has 1 aromatic carbocycles. The second-order valence-electron chi connectivity index (χ2n) is 7.76. The van der Waals surface area contributed by atoms with Gasteiger partial charge in [0.05, 0.1) is 0 Å². The Labute approximate surface area is 167 Å². The number of carbonyl (C=O) groups excluding carboxylic acids is 2. The molecule has 0 N–H and O–H groups in total. The first kappa shape index (κ1) is 20.2. The van der Waals surface area contributed by atoms with E-state index in [0.717, 1.165) is 17.7 Å². The summed E-state index contributed by atoms with van der Waals surface area (Å²) < 4.78 is 2.18. The van der Waals surface area contributed by atoms with Crippen molar-refractivity contribution in [2.75, 3.05) is 26.2 Å². The van der Waals surface area contributed by atoms with Crippen molar-refractivity contribution in [3.8, 4) is 0 Å². The van der Waals surface area contributed by atoms with Crippen molar-refractivity contribution >= 4 is 11.8 Å². The zero-order valence-corrected chi connectivity index (χ0v) is 17.7. The van der Waals surface area contributed by atoms with Crippen LogP contribution in [0.5, 0.6) is 0 Å². The van der Waals surface area contributed by atoms with Crippen molar-refractivity contribution in [1.29, 1.82) is 0 Å². The third-order valence-corrected chi connectivity index (χ3v) is 5.95. The van der Waals surface area contributed by atoms with Gasteiger partial charge in [-0.25, -0.2) is 0 Å². The van der Waals surface area contributed by atoms with Crippen LogP contribution >= 0.6 is 0 Å². The predicted octanol–water partition coefficient (Wildman–Crippen LogP) is 3.33. The van der Waals surface area contributed by atoms with E-state index in [0.29, 0.717) is 32.7 Å². The Hall–Kier alpha value is -2.56. The largest absolute Gasteiger partial charge is 0.339 e. The summed E-state index contributed by atoms with van der Waals surface area (Å²) in [5.74, 6) is 0.158. The summed E-state index contributed by atoms with van der Waals surface area (Å²) in [6.45, 7) is 13.1. The molecule has 0 bridgehead atoms. The maximum atomic E-state index is 13.4. The van der Waals surface area contributed by atoms with Gasteiger partial charge in [-0.1, -0.05) is 36.8 Å². The number of hydrogen-bond donors (Lipinski definition) is 0. The van der Waals surface area contributed by atoms with Crippen molar-refractivity contribution in [3.05, 3.63) is 57.9 Å². The number of aromatic nitrogens is 1. The highest BCUT2D eigenvalue weighted by Crippen LogP contribution is 2.26. The maximum Gasteiger partial charge on any atom is 0.270 e. The SMILES string of the molecule is CCc1c(C)c(C(=O)N2CCN(C(C)=O)CC2)n(Cc2ccc(C)cc2)c1C. The fourth-order valence-corrected chi connectivity index (χ4v) is 4.19. The maximum absolute atomic E-state index is 13.4. The van der Waals surface area contributed by atoms with Gasteiger partial charge in [-0.2, -0.15) is 0 Å². The average molecular weight is 382 g/mol. The molecule has 1 aliphatic rings. The van der Waals surface area contributed by atoms with Crippen LogP contribution < -0.4 is 0 Å². The van der Waals surface area contributed by atoms with Gasteiger partial charge in [0, 0.05) is 45.3 Å². The van der Waals surface area contributed by atoms with Gasteiger partial charge in [-0.15, -0.1) is 0 Å². The van der Waals surface area contributed by atoms with Crippen LogP contribution in [-0.4, -0.2) is 52.4 Å². The Kier molecular flexibility index (Phi) is 5.92. The molecule has 5 nitrogen and oxygen atoms in total. The van der Waals surface area contributed by atoms with Crippen LogP contribution in [0, 0.1) is 20.8 Å². The molecule has 0 aliphatic carbocycles. The lowest BCUT2D eigenvalue weighted by molar-refractivity contribution is -0.130. The lowest BCUT2D eigenvalue weighted by Crippen LogP contribution is -2.50. The molecule has 1 aromatic heterocycles. The van der Waals surface area contributed by atoms with Crippen LogP contribution in [0.4, 0.5) is 0 Å². The molecule has 0 saturated carbocycles. The number of amides is 2. The molecule has 1 aliphatic heterocycles. The van der Waals surface area contributed by atoms with E-state index in [1.165, 1.54) is 22.4 Å². The highest BCUT2D eigenvalue weighted by atomic mass is 16.2. The van der Waals surface area contributed by atoms with Crippen LogP contribution in [0.2, 0.25) is 0 Å². The van der Waals surface area contributed by atoms with E-state index in [9.17, 15) is 9.59 Å². The van der Waals surface area contributed by atoms with Gasteiger partial charge in [-0.3, -0.25) is 9.59 Å². The molecule has 0 atom stereocenters. The Balaban J connectivity index is 1.92. The molecular formula is C23H31N3O2. The zero-order chi connectivity index (χ0) is 20.4. The quantitative estimate of drug-likeness (QED) is 0.815. The normalized spacial score (nSPS) is 14.5. The molecule has 2 heterocycles. The third kappa shape index (κ3) is 3.84. The fraction of sp³-hybridized carbons (Fsp3) is 0.478. The summed E-state index contributed by atoms with van der Waals surface area (Å²) >= 11 is 0. The Morgan fingerprint density at radius 1 is 0.929 bits per heavy atom.